The lowest BCUT2D eigenvalue weighted by molar-refractivity contribution is -0.116. The number of thiocarbonyl (C=S) groups is 1. The first-order valence-corrected chi connectivity index (χ1v) is 9.46. The molecule has 1 aromatic heterocycles. The van der Waals surface area contributed by atoms with Gasteiger partial charge in [0.15, 0.2) is 5.11 Å². The Morgan fingerprint density at radius 1 is 1.19 bits per heavy atom. The normalized spacial score (nSPS) is 10.1. The van der Waals surface area contributed by atoms with Gasteiger partial charge >= 0.3 is 6.09 Å². The van der Waals surface area contributed by atoms with Gasteiger partial charge in [0.2, 0.25) is 5.91 Å². The number of hydrogen-bond donors (Lipinski definition) is 3. The van der Waals surface area contributed by atoms with Crippen LogP contribution in [0.5, 0.6) is 0 Å². The van der Waals surface area contributed by atoms with Crippen molar-refractivity contribution in [2.45, 2.75) is 26.2 Å². The van der Waals surface area contributed by atoms with Crippen LogP contribution in [0.25, 0.3) is 11.1 Å². The summed E-state index contributed by atoms with van der Waals surface area (Å²) >= 11 is 6.57. The Morgan fingerprint density at radius 3 is 2.58 bits per heavy atom. The van der Waals surface area contributed by atoms with Crippen LogP contribution < -0.4 is 16.0 Å². The van der Waals surface area contributed by atoms with Gasteiger partial charge in [-0.25, -0.2) is 4.79 Å². The van der Waals surface area contributed by atoms with E-state index < -0.39 is 6.09 Å². The lowest BCUT2D eigenvalue weighted by Gasteiger charge is -2.13. The fraction of sp³-hybridized carbons (Fsp3) is 0.278. The number of benzene rings is 1. The number of rotatable bonds is 6. The maximum absolute atomic E-state index is 12.1. The summed E-state index contributed by atoms with van der Waals surface area (Å²) in [6, 6.07) is 9.72. The van der Waals surface area contributed by atoms with Gasteiger partial charge in [-0.2, -0.15) is 0 Å². The van der Waals surface area contributed by atoms with Crippen molar-refractivity contribution in [1.82, 2.24) is 5.32 Å². The topological polar surface area (TPSA) is 79.5 Å². The molecule has 1 heterocycles. The van der Waals surface area contributed by atoms with Crippen LogP contribution in [-0.2, 0) is 9.53 Å². The SMILES string of the molecule is CCCCC(=O)Nc1scc(-c2ccccc2)c1NC(=S)NC(=O)OC. The third kappa shape index (κ3) is 5.53. The third-order valence-electron chi connectivity index (χ3n) is 3.53. The lowest BCUT2D eigenvalue weighted by Crippen LogP contribution is -2.34. The minimum Gasteiger partial charge on any atom is -0.453 e. The van der Waals surface area contributed by atoms with Gasteiger partial charge < -0.3 is 15.4 Å². The number of methoxy groups -OCH3 is 1. The highest BCUT2D eigenvalue weighted by Crippen LogP contribution is 2.40. The van der Waals surface area contributed by atoms with E-state index in [-0.39, 0.29) is 11.0 Å². The van der Waals surface area contributed by atoms with E-state index in [9.17, 15) is 9.59 Å². The minimum atomic E-state index is -0.660. The molecule has 0 aliphatic heterocycles. The maximum Gasteiger partial charge on any atom is 0.413 e. The van der Waals surface area contributed by atoms with Gasteiger partial charge in [-0.1, -0.05) is 43.7 Å². The van der Waals surface area contributed by atoms with Gasteiger partial charge in [0.1, 0.15) is 5.00 Å². The third-order valence-corrected chi connectivity index (χ3v) is 4.63. The zero-order valence-electron chi connectivity index (χ0n) is 14.6. The molecule has 3 N–H and O–H groups in total. The van der Waals surface area contributed by atoms with Gasteiger partial charge in [-0.3, -0.25) is 10.1 Å². The summed E-state index contributed by atoms with van der Waals surface area (Å²) in [5.41, 5.74) is 2.50. The highest BCUT2D eigenvalue weighted by molar-refractivity contribution is 7.80. The zero-order valence-corrected chi connectivity index (χ0v) is 16.3. The summed E-state index contributed by atoms with van der Waals surface area (Å²) < 4.78 is 4.55. The van der Waals surface area contributed by atoms with E-state index in [0.29, 0.717) is 17.1 Å². The van der Waals surface area contributed by atoms with Gasteiger partial charge in [-0.15, -0.1) is 11.3 Å². The summed E-state index contributed by atoms with van der Waals surface area (Å²) in [7, 11) is 1.26. The molecule has 0 atom stereocenters. The molecule has 26 heavy (non-hydrogen) atoms. The van der Waals surface area contributed by atoms with E-state index >= 15 is 0 Å². The molecule has 2 rings (SSSR count). The largest absolute Gasteiger partial charge is 0.453 e. The fourth-order valence-corrected chi connectivity index (χ4v) is 3.35. The average molecular weight is 392 g/mol. The van der Waals surface area contributed by atoms with Crippen LogP contribution in [0.3, 0.4) is 0 Å². The van der Waals surface area contributed by atoms with E-state index in [1.54, 1.807) is 0 Å². The van der Waals surface area contributed by atoms with E-state index in [1.165, 1.54) is 18.4 Å². The number of nitrogens with one attached hydrogen (secondary N) is 3. The van der Waals surface area contributed by atoms with Crippen LogP contribution in [0.4, 0.5) is 15.5 Å². The number of ether oxygens (including phenoxy) is 1. The molecule has 8 heteroatoms. The first-order valence-electron chi connectivity index (χ1n) is 8.17. The van der Waals surface area contributed by atoms with Crippen molar-refractivity contribution in [2.24, 2.45) is 0 Å². The second kappa shape index (κ2) is 9.88. The second-order valence-electron chi connectivity index (χ2n) is 5.44. The van der Waals surface area contributed by atoms with Crippen LogP contribution in [0, 0.1) is 0 Å². The molecule has 2 aromatic rings. The molecule has 0 aliphatic carbocycles. The van der Waals surface area contributed by atoms with Crippen molar-refractivity contribution < 1.29 is 14.3 Å². The quantitative estimate of drug-likeness (QED) is 0.627. The monoisotopic (exact) mass is 391 g/mol. The molecule has 0 aliphatic rings. The Morgan fingerprint density at radius 2 is 1.92 bits per heavy atom. The molecular weight excluding hydrogens is 370 g/mol. The van der Waals surface area contributed by atoms with Gasteiger partial charge in [0.25, 0.3) is 0 Å². The Kier molecular flexibility index (Phi) is 7.55. The van der Waals surface area contributed by atoms with Gasteiger partial charge in [0, 0.05) is 17.4 Å². The molecule has 138 valence electrons. The van der Waals surface area contributed by atoms with Crippen LogP contribution >= 0.6 is 23.6 Å². The first-order chi connectivity index (χ1) is 12.5. The van der Waals surface area contributed by atoms with Gasteiger partial charge in [0.05, 0.1) is 12.8 Å². The molecule has 0 saturated carbocycles. The number of anilines is 2. The number of carbonyl (C=O) groups is 2. The summed E-state index contributed by atoms with van der Waals surface area (Å²) in [6.07, 6.45) is 1.57. The van der Waals surface area contributed by atoms with Gasteiger partial charge in [-0.05, 0) is 24.2 Å². The summed E-state index contributed by atoms with van der Waals surface area (Å²) in [6.45, 7) is 2.04. The van der Waals surface area contributed by atoms with Crippen LogP contribution in [-0.4, -0.2) is 24.2 Å². The van der Waals surface area contributed by atoms with Crippen molar-refractivity contribution in [3.05, 3.63) is 35.7 Å². The van der Waals surface area contributed by atoms with E-state index in [4.69, 9.17) is 12.2 Å². The molecule has 0 unspecified atom stereocenters. The number of amides is 2. The number of carbonyl (C=O) groups excluding carboxylic acids is 2. The van der Waals surface area contributed by atoms with Crippen molar-refractivity contribution in [3.8, 4) is 11.1 Å². The van der Waals surface area contributed by atoms with Crippen molar-refractivity contribution >= 4 is 51.4 Å². The van der Waals surface area contributed by atoms with Crippen LogP contribution in [0.2, 0.25) is 0 Å². The molecule has 0 fully saturated rings. The lowest BCUT2D eigenvalue weighted by atomic mass is 10.1. The zero-order chi connectivity index (χ0) is 18.9. The summed E-state index contributed by atoms with van der Waals surface area (Å²) in [5.74, 6) is -0.0526. The molecular formula is C18H21N3O3S2. The minimum absolute atomic E-state index is 0.0526. The summed E-state index contributed by atoms with van der Waals surface area (Å²) in [5, 5.41) is 11.0. The fourth-order valence-electron chi connectivity index (χ4n) is 2.22. The Bertz CT molecular complexity index is 775. The Labute approximate surface area is 161 Å². The standard InChI is InChI=1S/C18H21N3O3S2/c1-3-4-10-14(22)19-16-15(20-17(25)21-18(23)24-2)13(11-26-16)12-8-6-5-7-9-12/h5-9,11H,3-4,10H2,1-2H3,(H,19,22)(H2,20,21,23,25). The maximum atomic E-state index is 12.1. The Balaban J connectivity index is 2.27. The predicted octanol–water partition coefficient (Wildman–Crippen LogP) is 4.60. The molecule has 1 aromatic carbocycles. The van der Waals surface area contributed by atoms with Crippen LogP contribution in [0.15, 0.2) is 35.7 Å². The predicted molar refractivity (Wildman–Crippen MR) is 110 cm³/mol. The van der Waals surface area contributed by atoms with Crippen molar-refractivity contribution in [1.29, 1.82) is 0 Å². The molecule has 0 spiro atoms. The average Bonchev–Trinajstić information content (AvgIpc) is 3.02. The first kappa shape index (κ1) is 19.9. The van der Waals surface area contributed by atoms with E-state index in [1.807, 2.05) is 42.6 Å². The molecule has 0 bridgehead atoms. The Hall–Kier alpha value is -2.45. The molecule has 6 nitrogen and oxygen atoms in total. The van der Waals surface area contributed by atoms with E-state index in [0.717, 1.165) is 24.0 Å². The molecule has 0 radical (unpaired) electrons. The highest BCUT2D eigenvalue weighted by Gasteiger charge is 2.17. The van der Waals surface area contributed by atoms with Crippen LogP contribution in [0.1, 0.15) is 26.2 Å². The second-order valence-corrected chi connectivity index (χ2v) is 6.73. The van der Waals surface area contributed by atoms with E-state index in [2.05, 4.69) is 20.7 Å². The van der Waals surface area contributed by atoms with Crippen molar-refractivity contribution in [2.75, 3.05) is 17.7 Å². The molecule has 2 amide bonds. The number of hydrogen-bond acceptors (Lipinski definition) is 5. The number of unbranched alkanes of at least 4 members (excludes halogenated alkanes) is 1. The molecule has 0 saturated heterocycles. The highest BCUT2D eigenvalue weighted by atomic mass is 32.1. The number of alkyl carbamates (subject to hydrolysis) is 1. The smallest absolute Gasteiger partial charge is 0.413 e. The van der Waals surface area contributed by atoms with Crippen molar-refractivity contribution in [3.63, 3.8) is 0 Å². The number of thiophene rings is 1. The summed E-state index contributed by atoms with van der Waals surface area (Å²) in [4.78, 5) is 23.5.